The van der Waals surface area contributed by atoms with Crippen LogP contribution < -0.4 is 22.1 Å². The lowest BCUT2D eigenvalue weighted by molar-refractivity contribution is -0.123. The maximum atomic E-state index is 12.2. The fourth-order valence-corrected chi connectivity index (χ4v) is 2.93. The normalized spacial score (nSPS) is 13.6. The number of hydrogen-bond acceptors (Lipinski definition) is 6. The number of carbonyl (C=O) groups excluding carboxylic acids is 3. The monoisotopic (exact) mass is 445 g/mol. The molecule has 31 heavy (non-hydrogen) atoms. The number of alkyl carbamates (subject to hydrolysis) is 1. The average molecular weight is 446 g/mol. The molecule has 0 aliphatic carbocycles. The average Bonchev–Trinajstić information content (AvgIpc) is 2.57. The van der Waals surface area contributed by atoms with Gasteiger partial charge >= 0.3 is 12.2 Å². The van der Waals surface area contributed by atoms with Gasteiger partial charge in [0, 0.05) is 25.0 Å². The van der Waals surface area contributed by atoms with E-state index >= 15 is 0 Å². The highest BCUT2D eigenvalue weighted by Crippen LogP contribution is 2.20. The molecule has 0 aliphatic rings. The number of nitrogens with two attached hydrogens (primary N) is 2. The van der Waals surface area contributed by atoms with E-state index in [1.54, 1.807) is 41.5 Å². The van der Waals surface area contributed by atoms with Crippen LogP contribution in [0.5, 0.6) is 0 Å². The first-order valence-electron chi connectivity index (χ1n) is 10.3. The van der Waals surface area contributed by atoms with Crippen LogP contribution in [-0.2, 0) is 14.3 Å². The zero-order valence-corrected chi connectivity index (χ0v) is 19.5. The Hall–Kier alpha value is -2.56. The zero-order valence-electron chi connectivity index (χ0n) is 19.5. The predicted molar refractivity (Wildman–Crippen MR) is 116 cm³/mol. The maximum absolute atomic E-state index is 12.2. The standard InChI is InChI=1S/C20H39N5O6/c1-19(2,3)25(18(29)30)13(8-7-11-23-17(28)31-20(4,5)6)12-24-16(27)14(21)9-10-15(22)26/h13-14H,7-12,21H2,1-6H3,(H2,22,26)(H,23,28)(H,24,27)(H,29,30)/t13-,14-/m0/s1. The van der Waals surface area contributed by atoms with Gasteiger partial charge in [0.25, 0.3) is 0 Å². The minimum absolute atomic E-state index is 0.0163. The molecule has 0 saturated carbocycles. The van der Waals surface area contributed by atoms with Crippen LogP contribution in [0, 0.1) is 0 Å². The molecule has 0 fully saturated rings. The predicted octanol–water partition coefficient (Wildman–Crippen LogP) is 1.15. The van der Waals surface area contributed by atoms with Gasteiger partial charge < -0.3 is 31.9 Å². The van der Waals surface area contributed by atoms with E-state index in [9.17, 15) is 24.3 Å². The van der Waals surface area contributed by atoms with Gasteiger partial charge in [0.15, 0.2) is 0 Å². The van der Waals surface area contributed by atoms with Crippen LogP contribution in [0.4, 0.5) is 9.59 Å². The Morgan fingerprint density at radius 3 is 2.06 bits per heavy atom. The minimum atomic E-state index is -1.12. The molecule has 0 rings (SSSR count). The van der Waals surface area contributed by atoms with Crippen molar-refractivity contribution < 1.29 is 29.0 Å². The molecule has 4 amide bonds. The molecule has 0 unspecified atom stereocenters. The summed E-state index contributed by atoms with van der Waals surface area (Å²) in [7, 11) is 0. The summed E-state index contributed by atoms with van der Waals surface area (Å²) in [6.45, 7) is 10.9. The van der Waals surface area contributed by atoms with Crippen LogP contribution in [0.15, 0.2) is 0 Å². The second-order valence-electron chi connectivity index (χ2n) is 9.40. The van der Waals surface area contributed by atoms with E-state index in [1.807, 2.05) is 0 Å². The summed E-state index contributed by atoms with van der Waals surface area (Å²) in [6.07, 6.45) is -0.733. The molecule has 0 aromatic carbocycles. The van der Waals surface area contributed by atoms with Gasteiger partial charge in [-0.15, -0.1) is 0 Å². The van der Waals surface area contributed by atoms with Crippen LogP contribution in [-0.4, -0.2) is 70.3 Å². The molecular formula is C20H39N5O6. The van der Waals surface area contributed by atoms with Gasteiger partial charge in [0.1, 0.15) is 5.60 Å². The first kappa shape index (κ1) is 28.4. The maximum Gasteiger partial charge on any atom is 0.408 e. The van der Waals surface area contributed by atoms with Crippen LogP contribution >= 0.6 is 0 Å². The molecule has 0 aliphatic heterocycles. The molecule has 0 bridgehead atoms. The Bertz CT molecular complexity index is 627. The van der Waals surface area contributed by atoms with Crippen LogP contribution in [0.2, 0.25) is 0 Å². The van der Waals surface area contributed by atoms with Crippen molar-refractivity contribution in [3.8, 4) is 0 Å². The second-order valence-corrected chi connectivity index (χ2v) is 9.40. The van der Waals surface area contributed by atoms with Gasteiger partial charge in [0.05, 0.1) is 12.1 Å². The summed E-state index contributed by atoms with van der Waals surface area (Å²) in [5, 5.41) is 15.0. The molecule has 11 heteroatoms. The first-order valence-corrected chi connectivity index (χ1v) is 10.3. The van der Waals surface area contributed by atoms with Crippen molar-refractivity contribution in [2.45, 2.75) is 90.4 Å². The Labute approximate surface area is 184 Å². The van der Waals surface area contributed by atoms with Crippen molar-refractivity contribution >= 4 is 24.0 Å². The van der Waals surface area contributed by atoms with Crippen LogP contribution in [0.25, 0.3) is 0 Å². The fourth-order valence-electron chi connectivity index (χ4n) is 2.93. The molecule has 180 valence electrons. The SMILES string of the molecule is CC(C)(C)OC(=O)NCCC[C@@H](CNC(=O)[C@@H](N)CCC(N)=O)N(C(=O)O)C(C)(C)C. The number of nitrogens with zero attached hydrogens (tertiary/aromatic N) is 1. The van der Waals surface area contributed by atoms with Crippen molar-refractivity contribution in [1.29, 1.82) is 0 Å². The van der Waals surface area contributed by atoms with E-state index < -0.39 is 47.2 Å². The molecule has 0 saturated heterocycles. The molecule has 0 aromatic heterocycles. The van der Waals surface area contributed by atoms with Gasteiger partial charge in [-0.25, -0.2) is 9.59 Å². The molecule has 0 heterocycles. The number of hydrogen-bond donors (Lipinski definition) is 5. The third-order valence-corrected chi connectivity index (χ3v) is 4.23. The van der Waals surface area contributed by atoms with E-state index in [2.05, 4.69) is 10.6 Å². The van der Waals surface area contributed by atoms with Gasteiger partial charge in [-0.3, -0.25) is 14.5 Å². The summed E-state index contributed by atoms with van der Waals surface area (Å²) in [5.74, 6) is -1.04. The quantitative estimate of drug-likeness (QED) is 0.296. The summed E-state index contributed by atoms with van der Waals surface area (Å²) in [6, 6.07) is -1.47. The highest BCUT2D eigenvalue weighted by molar-refractivity contribution is 5.82. The molecular weight excluding hydrogens is 406 g/mol. The van der Waals surface area contributed by atoms with Gasteiger partial charge in [-0.1, -0.05) is 0 Å². The van der Waals surface area contributed by atoms with Crippen molar-refractivity contribution in [3.05, 3.63) is 0 Å². The highest BCUT2D eigenvalue weighted by atomic mass is 16.6. The molecule has 7 N–H and O–H groups in total. The summed E-state index contributed by atoms with van der Waals surface area (Å²) < 4.78 is 5.17. The zero-order chi connectivity index (χ0) is 24.4. The Morgan fingerprint density at radius 1 is 1.03 bits per heavy atom. The number of primary amides is 1. The van der Waals surface area contributed by atoms with Gasteiger partial charge in [0.2, 0.25) is 11.8 Å². The molecule has 0 radical (unpaired) electrons. The first-order chi connectivity index (χ1) is 14.0. The third kappa shape index (κ3) is 12.7. The Balaban J connectivity index is 4.99. The molecule has 0 aromatic rings. The number of amides is 4. The van der Waals surface area contributed by atoms with E-state index in [1.165, 1.54) is 4.90 Å². The van der Waals surface area contributed by atoms with E-state index in [0.29, 0.717) is 12.8 Å². The number of ether oxygens (including phenoxy) is 1. The lowest BCUT2D eigenvalue weighted by atomic mass is 10.00. The topological polar surface area (TPSA) is 177 Å². The molecule has 0 spiro atoms. The van der Waals surface area contributed by atoms with E-state index in [-0.39, 0.29) is 25.9 Å². The summed E-state index contributed by atoms with van der Waals surface area (Å²) >= 11 is 0. The van der Waals surface area contributed by atoms with Crippen LogP contribution in [0.3, 0.4) is 0 Å². The second kappa shape index (κ2) is 12.3. The van der Waals surface area contributed by atoms with E-state index in [4.69, 9.17) is 16.2 Å². The van der Waals surface area contributed by atoms with E-state index in [0.717, 1.165) is 0 Å². The number of nitrogens with one attached hydrogen (secondary N) is 2. The number of carbonyl (C=O) groups is 4. The number of carboxylic acid groups (broad SMARTS) is 1. The third-order valence-electron chi connectivity index (χ3n) is 4.23. The van der Waals surface area contributed by atoms with Gasteiger partial charge in [-0.05, 0) is 60.8 Å². The summed E-state index contributed by atoms with van der Waals surface area (Å²) in [4.78, 5) is 48.0. The Kier molecular flexibility index (Phi) is 11.3. The molecule has 11 nitrogen and oxygen atoms in total. The van der Waals surface area contributed by atoms with Gasteiger partial charge in [-0.2, -0.15) is 0 Å². The smallest absolute Gasteiger partial charge is 0.408 e. The van der Waals surface area contributed by atoms with Crippen molar-refractivity contribution in [2.75, 3.05) is 13.1 Å². The highest BCUT2D eigenvalue weighted by Gasteiger charge is 2.33. The van der Waals surface area contributed by atoms with Crippen LogP contribution in [0.1, 0.15) is 67.2 Å². The van der Waals surface area contributed by atoms with Crippen molar-refractivity contribution in [2.24, 2.45) is 11.5 Å². The van der Waals surface area contributed by atoms with Crippen molar-refractivity contribution in [1.82, 2.24) is 15.5 Å². The minimum Gasteiger partial charge on any atom is -0.465 e. The lowest BCUT2D eigenvalue weighted by Crippen LogP contribution is -2.56. The molecule has 2 atom stereocenters. The lowest BCUT2D eigenvalue weighted by Gasteiger charge is -2.40. The Morgan fingerprint density at radius 2 is 1.61 bits per heavy atom. The fraction of sp³-hybridized carbons (Fsp3) is 0.800. The summed E-state index contributed by atoms with van der Waals surface area (Å²) in [5.41, 5.74) is 9.51. The largest absolute Gasteiger partial charge is 0.465 e. The number of rotatable bonds is 11. The van der Waals surface area contributed by atoms with Crippen molar-refractivity contribution in [3.63, 3.8) is 0 Å².